The van der Waals surface area contributed by atoms with Crippen molar-refractivity contribution in [2.45, 2.75) is 39.5 Å². The third-order valence-corrected chi connectivity index (χ3v) is 3.16. The molecule has 1 N–H and O–H groups in total. The van der Waals surface area contributed by atoms with Gasteiger partial charge in [0, 0.05) is 24.5 Å². The summed E-state index contributed by atoms with van der Waals surface area (Å²) in [5, 5.41) is 9.97. The van der Waals surface area contributed by atoms with E-state index in [4.69, 9.17) is 4.74 Å². The van der Waals surface area contributed by atoms with Crippen molar-refractivity contribution in [3.05, 3.63) is 48.0 Å². The molecule has 1 atom stereocenters. The Morgan fingerprint density at radius 3 is 2.84 bits per heavy atom. The number of imidazole rings is 1. The second-order valence-corrected chi connectivity index (χ2v) is 4.38. The zero-order chi connectivity index (χ0) is 13.7. The third-order valence-electron chi connectivity index (χ3n) is 3.16. The summed E-state index contributed by atoms with van der Waals surface area (Å²) in [6.45, 7) is 5.30. The SMILES string of the molecule is CC[C@H](O)c1ccccc1OCc1nccn1CC. The molecule has 2 aromatic rings. The molecule has 0 aliphatic rings. The van der Waals surface area contributed by atoms with Crippen molar-refractivity contribution >= 4 is 0 Å². The van der Waals surface area contributed by atoms with Crippen molar-refractivity contribution in [2.75, 3.05) is 0 Å². The van der Waals surface area contributed by atoms with Crippen LogP contribution in [0.15, 0.2) is 36.7 Å². The lowest BCUT2D eigenvalue weighted by atomic mass is 10.1. The van der Waals surface area contributed by atoms with Crippen LogP contribution in [0.5, 0.6) is 5.75 Å². The summed E-state index contributed by atoms with van der Waals surface area (Å²) in [5.74, 6) is 1.62. The normalized spacial score (nSPS) is 12.4. The average Bonchev–Trinajstić information content (AvgIpc) is 2.92. The Bertz CT molecular complexity index is 522. The molecule has 1 aromatic heterocycles. The van der Waals surface area contributed by atoms with Gasteiger partial charge in [0.05, 0.1) is 6.10 Å². The van der Waals surface area contributed by atoms with E-state index in [0.29, 0.717) is 13.0 Å². The number of aromatic nitrogens is 2. The van der Waals surface area contributed by atoms with Gasteiger partial charge < -0.3 is 14.4 Å². The Hall–Kier alpha value is -1.81. The summed E-state index contributed by atoms with van der Waals surface area (Å²) in [7, 11) is 0. The number of benzene rings is 1. The molecule has 4 nitrogen and oxygen atoms in total. The second-order valence-electron chi connectivity index (χ2n) is 4.38. The van der Waals surface area contributed by atoms with Crippen LogP contribution in [0.25, 0.3) is 0 Å². The maximum atomic E-state index is 9.97. The minimum Gasteiger partial charge on any atom is -0.485 e. The molecular formula is C15H20N2O2. The number of aryl methyl sites for hydroxylation is 1. The Balaban J connectivity index is 2.11. The zero-order valence-electron chi connectivity index (χ0n) is 11.4. The zero-order valence-corrected chi connectivity index (χ0v) is 11.4. The first-order chi connectivity index (χ1) is 9.26. The molecular weight excluding hydrogens is 240 g/mol. The van der Waals surface area contributed by atoms with Gasteiger partial charge in [-0.1, -0.05) is 25.1 Å². The fourth-order valence-electron chi connectivity index (χ4n) is 2.02. The quantitative estimate of drug-likeness (QED) is 0.868. The summed E-state index contributed by atoms with van der Waals surface area (Å²) < 4.78 is 7.84. The van der Waals surface area contributed by atoms with Crippen LogP contribution in [0.1, 0.15) is 37.8 Å². The fourth-order valence-corrected chi connectivity index (χ4v) is 2.02. The molecule has 0 amide bonds. The molecule has 0 unspecified atom stereocenters. The highest BCUT2D eigenvalue weighted by atomic mass is 16.5. The monoisotopic (exact) mass is 260 g/mol. The highest BCUT2D eigenvalue weighted by Gasteiger charge is 2.11. The maximum Gasteiger partial charge on any atom is 0.146 e. The van der Waals surface area contributed by atoms with Crippen LogP contribution in [0.4, 0.5) is 0 Å². The van der Waals surface area contributed by atoms with E-state index in [1.54, 1.807) is 6.20 Å². The van der Waals surface area contributed by atoms with Gasteiger partial charge in [0.1, 0.15) is 18.2 Å². The van der Waals surface area contributed by atoms with Gasteiger partial charge in [-0.25, -0.2) is 4.98 Å². The van der Waals surface area contributed by atoms with E-state index in [1.165, 1.54) is 0 Å². The molecule has 0 saturated carbocycles. The molecule has 102 valence electrons. The average molecular weight is 260 g/mol. The molecule has 0 saturated heterocycles. The molecule has 19 heavy (non-hydrogen) atoms. The van der Waals surface area contributed by atoms with Gasteiger partial charge in [-0.15, -0.1) is 0 Å². The molecule has 1 heterocycles. The number of ether oxygens (including phenoxy) is 1. The highest BCUT2D eigenvalue weighted by molar-refractivity contribution is 5.35. The summed E-state index contributed by atoms with van der Waals surface area (Å²) >= 11 is 0. The van der Waals surface area contributed by atoms with Crippen molar-refractivity contribution in [3.63, 3.8) is 0 Å². The topological polar surface area (TPSA) is 47.3 Å². The molecule has 0 fully saturated rings. The summed E-state index contributed by atoms with van der Waals surface area (Å²) in [6.07, 6.45) is 3.90. The predicted octanol–water partition coefficient (Wildman–Crippen LogP) is 2.93. The van der Waals surface area contributed by atoms with Crippen LogP contribution >= 0.6 is 0 Å². The first-order valence-electron chi connectivity index (χ1n) is 6.66. The second kappa shape index (κ2) is 6.38. The first kappa shape index (κ1) is 13.6. The number of nitrogens with zero attached hydrogens (tertiary/aromatic N) is 2. The van der Waals surface area contributed by atoms with Crippen LogP contribution in [0, 0.1) is 0 Å². The molecule has 0 spiro atoms. The van der Waals surface area contributed by atoms with E-state index in [2.05, 4.69) is 11.9 Å². The van der Waals surface area contributed by atoms with Crippen LogP contribution in [0.2, 0.25) is 0 Å². The third kappa shape index (κ3) is 3.15. The lowest BCUT2D eigenvalue weighted by Gasteiger charge is -2.15. The lowest BCUT2D eigenvalue weighted by molar-refractivity contribution is 0.165. The molecule has 0 aliphatic heterocycles. The van der Waals surface area contributed by atoms with Gasteiger partial charge in [0.15, 0.2) is 0 Å². The van der Waals surface area contributed by atoms with E-state index in [0.717, 1.165) is 23.7 Å². The lowest BCUT2D eigenvalue weighted by Crippen LogP contribution is -2.07. The minimum atomic E-state index is -0.484. The number of aliphatic hydroxyl groups excluding tert-OH is 1. The van der Waals surface area contributed by atoms with Crippen molar-refractivity contribution in [1.29, 1.82) is 0 Å². The van der Waals surface area contributed by atoms with Crippen LogP contribution in [-0.2, 0) is 13.2 Å². The number of rotatable bonds is 6. The van der Waals surface area contributed by atoms with E-state index in [-0.39, 0.29) is 0 Å². The first-order valence-corrected chi connectivity index (χ1v) is 6.66. The summed E-state index contributed by atoms with van der Waals surface area (Å²) in [6, 6.07) is 7.60. The predicted molar refractivity (Wildman–Crippen MR) is 73.9 cm³/mol. The fraction of sp³-hybridized carbons (Fsp3) is 0.400. The molecule has 1 aromatic carbocycles. The standard InChI is InChI=1S/C15H20N2O2/c1-3-13(18)12-7-5-6-8-14(12)19-11-15-16-9-10-17(15)4-2/h5-10,13,18H,3-4,11H2,1-2H3/t13-/m0/s1. The van der Waals surface area contributed by atoms with Crippen molar-refractivity contribution < 1.29 is 9.84 Å². The van der Waals surface area contributed by atoms with E-state index >= 15 is 0 Å². The Morgan fingerprint density at radius 1 is 1.32 bits per heavy atom. The minimum absolute atomic E-state index is 0.411. The van der Waals surface area contributed by atoms with E-state index < -0.39 is 6.10 Å². The van der Waals surface area contributed by atoms with Crippen LogP contribution < -0.4 is 4.74 Å². The number of para-hydroxylation sites is 1. The Labute approximate surface area is 113 Å². The van der Waals surface area contributed by atoms with Gasteiger partial charge in [0.25, 0.3) is 0 Å². The molecule has 0 aliphatic carbocycles. The van der Waals surface area contributed by atoms with Crippen molar-refractivity contribution in [2.24, 2.45) is 0 Å². The Kier molecular flexibility index (Phi) is 4.58. The van der Waals surface area contributed by atoms with Gasteiger partial charge >= 0.3 is 0 Å². The van der Waals surface area contributed by atoms with Gasteiger partial charge in [-0.05, 0) is 19.4 Å². The molecule has 4 heteroatoms. The number of aliphatic hydroxyl groups is 1. The van der Waals surface area contributed by atoms with Crippen LogP contribution in [0.3, 0.4) is 0 Å². The molecule has 0 radical (unpaired) electrons. The number of hydrogen-bond acceptors (Lipinski definition) is 3. The van der Waals surface area contributed by atoms with E-state index in [9.17, 15) is 5.11 Å². The smallest absolute Gasteiger partial charge is 0.146 e. The molecule has 0 bridgehead atoms. The highest BCUT2D eigenvalue weighted by Crippen LogP contribution is 2.27. The van der Waals surface area contributed by atoms with Crippen LogP contribution in [-0.4, -0.2) is 14.7 Å². The maximum absolute atomic E-state index is 9.97. The Morgan fingerprint density at radius 2 is 2.11 bits per heavy atom. The van der Waals surface area contributed by atoms with E-state index in [1.807, 2.05) is 42.0 Å². The number of hydrogen-bond donors (Lipinski definition) is 1. The largest absolute Gasteiger partial charge is 0.485 e. The van der Waals surface area contributed by atoms with Crippen molar-refractivity contribution in [3.8, 4) is 5.75 Å². The van der Waals surface area contributed by atoms with Gasteiger partial charge in [-0.2, -0.15) is 0 Å². The summed E-state index contributed by atoms with van der Waals surface area (Å²) in [5.41, 5.74) is 0.833. The summed E-state index contributed by atoms with van der Waals surface area (Å²) in [4.78, 5) is 4.27. The molecule has 2 rings (SSSR count). The van der Waals surface area contributed by atoms with Crippen molar-refractivity contribution in [1.82, 2.24) is 9.55 Å². The van der Waals surface area contributed by atoms with Gasteiger partial charge in [-0.3, -0.25) is 0 Å². The van der Waals surface area contributed by atoms with Gasteiger partial charge in [0.2, 0.25) is 0 Å².